The summed E-state index contributed by atoms with van der Waals surface area (Å²) in [7, 11) is 0. The minimum absolute atomic E-state index is 0.298. The number of benzene rings is 1. The van der Waals surface area contributed by atoms with Crippen molar-refractivity contribution in [2.75, 3.05) is 13.2 Å². The van der Waals surface area contributed by atoms with Crippen molar-refractivity contribution in [1.82, 2.24) is 5.32 Å². The fraction of sp³-hybridized carbons (Fsp3) is 0.333. The highest BCUT2D eigenvalue weighted by atomic mass is 79.9. The molecule has 0 aliphatic carbocycles. The quantitative estimate of drug-likeness (QED) is 0.800. The summed E-state index contributed by atoms with van der Waals surface area (Å²) in [6.45, 7) is 3.57. The summed E-state index contributed by atoms with van der Waals surface area (Å²) in [4.78, 5) is 1.24. The van der Waals surface area contributed by atoms with Crippen molar-refractivity contribution in [3.8, 4) is 5.75 Å². The van der Waals surface area contributed by atoms with Gasteiger partial charge in [0.2, 0.25) is 0 Å². The number of aliphatic hydroxyl groups is 1. The van der Waals surface area contributed by atoms with Crippen LogP contribution in [0.5, 0.6) is 5.75 Å². The van der Waals surface area contributed by atoms with Crippen molar-refractivity contribution in [2.24, 2.45) is 0 Å². The summed E-state index contributed by atoms with van der Waals surface area (Å²) < 4.78 is 6.73. The summed E-state index contributed by atoms with van der Waals surface area (Å²) in [6.07, 6.45) is -0.516. The van der Waals surface area contributed by atoms with Crippen molar-refractivity contribution in [1.29, 1.82) is 0 Å². The first-order valence-electron chi connectivity index (χ1n) is 6.46. The van der Waals surface area contributed by atoms with Gasteiger partial charge in [0.05, 0.1) is 3.79 Å². The molecule has 0 fully saturated rings. The van der Waals surface area contributed by atoms with Gasteiger partial charge in [0.1, 0.15) is 18.5 Å². The fourth-order valence-corrected chi connectivity index (χ4v) is 3.22. The Hall–Kier alpha value is -0.880. The zero-order chi connectivity index (χ0) is 14.4. The van der Waals surface area contributed by atoms with Crippen LogP contribution in [-0.4, -0.2) is 24.4 Å². The monoisotopic (exact) mass is 355 g/mol. The molecule has 0 saturated heterocycles. The van der Waals surface area contributed by atoms with Gasteiger partial charge < -0.3 is 15.2 Å². The Morgan fingerprint density at radius 1 is 1.30 bits per heavy atom. The van der Waals surface area contributed by atoms with Gasteiger partial charge in [0, 0.05) is 18.0 Å². The predicted molar refractivity (Wildman–Crippen MR) is 86.4 cm³/mol. The average molecular weight is 356 g/mol. The SMILES string of the molecule is Cc1ccccc1OCC(O)CNCc1ccc(Br)s1. The van der Waals surface area contributed by atoms with Crippen LogP contribution in [0.3, 0.4) is 0 Å². The Morgan fingerprint density at radius 2 is 2.10 bits per heavy atom. The molecule has 5 heteroatoms. The van der Waals surface area contributed by atoms with Gasteiger partial charge in [0.15, 0.2) is 0 Å². The molecule has 0 aliphatic heterocycles. The number of nitrogens with one attached hydrogen (secondary N) is 1. The Bertz CT molecular complexity index is 544. The molecule has 0 amide bonds. The van der Waals surface area contributed by atoms with Crippen LogP contribution in [0, 0.1) is 6.92 Å². The highest BCUT2D eigenvalue weighted by Crippen LogP contribution is 2.21. The fourth-order valence-electron chi connectivity index (χ4n) is 1.77. The minimum Gasteiger partial charge on any atom is -0.491 e. The molecule has 0 spiro atoms. The summed E-state index contributed by atoms with van der Waals surface area (Å²) in [5, 5.41) is 13.1. The summed E-state index contributed by atoms with van der Waals surface area (Å²) in [5.41, 5.74) is 1.08. The van der Waals surface area contributed by atoms with Gasteiger partial charge in [0.25, 0.3) is 0 Å². The highest BCUT2D eigenvalue weighted by molar-refractivity contribution is 9.11. The normalized spacial score (nSPS) is 12.3. The van der Waals surface area contributed by atoms with Crippen molar-refractivity contribution in [2.45, 2.75) is 19.6 Å². The van der Waals surface area contributed by atoms with Crippen LogP contribution in [-0.2, 0) is 6.54 Å². The molecule has 0 saturated carbocycles. The molecule has 1 aromatic carbocycles. The molecular formula is C15H18BrNO2S. The second-order valence-corrected chi connectivity index (χ2v) is 7.11. The molecule has 1 aromatic heterocycles. The first-order chi connectivity index (χ1) is 9.65. The number of hydrogen-bond acceptors (Lipinski definition) is 4. The first-order valence-corrected chi connectivity index (χ1v) is 8.07. The van der Waals surface area contributed by atoms with Crippen molar-refractivity contribution in [3.05, 3.63) is 50.6 Å². The number of aliphatic hydroxyl groups excluding tert-OH is 1. The maximum Gasteiger partial charge on any atom is 0.122 e. The van der Waals surface area contributed by atoms with Crippen molar-refractivity contribution < 1.29 is 9.84 Å². The summed E-state index contributed by atoms with van der Waals surface area (Å²) in [5.74, 6) is 0.828. The Balaban J connectivity index is 1.68. The predicted octanol–water partition coefficient (Wildman–Crippen LogP) is 3.35. The molecule has 1 unspecified atom stereocenters. The van der Waals surface area contributed by atoms with E-state index in [0.717, 1.165) is 21.6 Å². The maximum atomic E-state index is 9.89. The van der Waals surface area contributed by atoms with Gasteiger partial charge in [-0.15, -0.1) is 11.3 Å². The number of para-hydroxylation sites is 1. The lowest BCUT2D eigenvalue weighted by atomic mass is 10.2. The molecule has 108 valence electrons. The number of halogens is 1. The van der Waals surface area contributed by atoms with Crippen LogP contribution in [0.1, 0.15) is 10.4 Å². The van der Waals surface area contributed by atoms with Crippen LogP contribution < -0.4 is 10.1 Å². The maximum absolute atomic E-state index is 9.89. The van der Waals surface area contributed by atoms with Crippen LogP contribution in [0.4, 0.5) is 0 Å². The van der Waals surface area contributed by atoms with Gasteiger partial charge in [-0.25, -0.2) is 0 Å². The number of hydrogen-bond donors (Lipinski definition) is 2. The molecule has 2 N–H and O–H groups in total. The second-order valence-electron chi connectivity index (χ2n) is 4.57. The Labute approximate surface area is 131 Å². The lowest BCUT2D eigenvalue weighted by Crippen LogP contribution is -2.31. The summed E-state index contributed by atoms with van der Waals surface area (Å²) >= 11 is 5.12. The van der Waals surface area contributed by atoms with E-state index in [1.165, 1.54) is 4.88 Å². The summed E-state index contributed by atoms with van der Waals surface area (Å²) in [6, 6.07) is 11.9. The lowest BCUT2D eigenvalue weighted by molar-refractivity contribution is 0.106. The Morgan fingerprint density at radius 3 is 2.80 bits per heavy atom. The number of rotatable bonds is 7. The number of ether oxygens (including phenoxy) is 1. The molecular weight excluding hydrogens is 338 g/mol. The van der Waals surface area contributed by atoms with E-state index < -0.39 is 6.10 Å². The zero-order valence-electron chi connectivity index (χ0n) is 11.3. The second kappa shape index (κ2) is 7.78. The van der Waals surface area contributed by atoms with Gasteiger partial charge >= 0.3 is 0 Å². The van der Waals surface area contributed by atoms with Crippen LogP contribution >= 0.6 is 27.3 Å². The number of aryl methyl sites for hydroxylation is 1. The lowest BCUT2D eigenvalue weighted by Gasteiger charge is -2.14. The van der Waals surface area contributed by atoms with Crippen LogP contribution in [0.15, 0.2) is 40.2 Å². The largest absolute Gasteiger partial charge is 0.491 e. The molecule has 0 radical (unpaired) electrons. The van der Waals surface area contributed by atoms with Crippen molar-refractivity contribution in [3.63, 3.8) is 0 Å². The van der Waals surface area contributed by atoms with Gasteiger partial charge in [-0.05, 0) is 46.6 Å². The van der Waals surface area contributed by atoms with E-state index in [-0.39, 0.29) is 0 Å². The minimum atomic E-state index is -0.516. The molecule has 2 rings (SSSR count). The molecule has 0 aliphatic rings. The third kappa shape index (κ3) is 4.90. The van der Waals surface area contributed by atoms with E-state index in [1.54, 1.807) is 11.3 Å². The first kappa shape index (κ1) is 15.5. The van der Waals surface area contributed by atoms with Crippen LogP contribution in [0.2, 0.25) is 0 Å². The third-order valence-electron chi connectivity index (χ3n) is 2.83. The van der Waals surface area contributed by atoms with Crippen LogP contribution in [0.25, 0.3) is 0 Å². The average Bonchev–Trinajstić information content (AvgIpc) is 2.83. The molecule has 0 bridgehead atoms. The molecule has 1 atom stereocenters. The molecule has 2 aromatic rings. The molecule has 20 heavy (non-hydrogen) atoms. The van der Waals surface area contributed by atoms with E-state index in [0.29, 0.717) is 13.2 Å². The van der Waals surface area contributed by atoms with E-state index in [2.05, 4.69) is 27.3 Å². The van der Waals surface area contributed by atoms with E-state index in [4.69, 9.17) is 4.74 Å². The standard InChI is InChI=1S/C15H18BrNO2S/c1-11-4-2-3-5-14(11)19-10-12(18)8-17-9-13-6-7-15(16)20-13/h2-7,12,17-18H,8-10H2,1H3. The van der Waals surface area contributed by atoms with E-state index >= 15 is 0 Å². The van der Waals surface area contributed by atoms with Gasteiger partial charge in [-0.2, -0.15) is 0 Å². The molecule has 1 heterocycles. The van der Waals surface area contributed by atoms with E-state index in [1.807, 2.05) is 37.3 Å². The van der Waals surface area contributed by atoms with E-state index in [9.17, 15) is 5.11 Å². The van der Waals surface area contributed by atoms with Gasteiger partial charge in [-0.1, -0.05) is 18.2 Å². The number of thiophene rings is 1. The molecule has 3 nitrogen and oxygen atoms in total. The Kier molecular flexibility index (Phi) is 6.04. The third-order valence-corrected chi connectivity index (χ3v) is 4.46. The topological polar surface area (TPSA) is 41.5 Å². The zero-order valence-corrected chi connectivity index (χ0v) is 13.7. The smallest absolute Gasteiger partial charge is 0.122 e. The van der Waals surface area contributed by atoms with Gasteiger partial charge in [-0.3, -0.25) is 0 Å². The van der Waals surface area contributed by atoms with Crippen molar-refractivity contribution >= 4 is 27.3 Å². The highest BCUT2D eigenvalue weighted by Gasteiger charge is 2.06.